The summed E-state index contributed by atoms with van der Waals surface area (Å²) in [6, 6.07) is 25.4. The third-order valence-corrected chi connectivity index (χ3v) is 6.64. The molecule has 4 aromatic rings. The highest BCUT2D eigenvalue weighted by molar-refractivity contribution is 9.10. The van der Waals surface area contributed by atoms with Gasteiger partial charge in [-0.3, -0.25) is 0 Å². The quantitative estimate of drug-likeness (QED) is 0.243. The monoisotopic (exact) mass is 546 g/mol. The molecule has 5 heteroatoms. The predicted octanol–water partition coefficient (Wildman–Crippen LogP) is 9.95. The lowest BCUT2D eigenvalue weighted by Crippen LogP contribution is -1.97. The van der Waals surface area contributed by atoms with Crippen LogP contribution in [0.3, 0.4) is 0 Å². The molecule has 0 fully saturated rings. The zero-order valence-corrected chi connectivity index (χ0v) is 21.9. The van der Waals surface area contributed by atoms with Crippen molar-refractivity contribution in [1.29, 1.82) is 0 Å². The second kappa shape index (κ2) is 12.0. The fraction of sp³-hybridized carbons (Fsp3) is 0.161. The van der Waals surface area contributed by atoms with Crippen LogP contribution in [-0.4, -0.2) is 0 Å². The van der Waals surface area contributed by atoms with Gasteiger partial charge in [-0.25, -0.2) is 8.78 Å². The Bertz CT molecular complexity index is 1330. The van der Waals surface area contributed by atoms with Gasteiger partial charge in [0.25, 0.3) is 0 Å². The molecular weight excluding hydrogens is 518 g/mol. The molecule has 0 saturated carbocycles. The van der Waals surface area contributed by atoms with Crippen molar-refractivity contribution in [2.75, 3.05) is 10.6 Å². The summed E-state index contributed by atoms with van der Waals surface area (Å²) in [5.41, 5.74) is 7.58. The van der Waals surface area contributed by atoms with E-state index in [1.54, 1.807) is 24.3 Å². The Balaban J connectivity index is 0.000000174. The summed E-state index contributed by atoms with van der Waals surface area (Å²) in [4.78, 5) is 0. The number of hydrogen-bond donors (Lipinski definition) is 2. The van der Waals surface area contributed by atoms with Crippen LogP contribution in [0.1, 0.15) is 35.4 Å². The smallest absolute Gasteiger partial charge is 0.123 e. The van der Waals surface area contributed by atoms with Crippen molar-refractivity contribution in [3.05, 3.63) is 130 Å². The molecule has 0 radical (unpaired) electrons. The van der Waals surface area contributed by atoms with Crippen LogP contribution in [0, 0.1) is 25.5 Å². The van der Waals surface area contributed by atoms with E-state index in [0.717, 1.165) is 32.8 Å². The Hall–Kier alpha value is -3.44. The Morgan fingerprint density at radius 3 is 1.75 bits per heavy atom. The number of rotatable bonds is 5. The molecule has 36 heavy (non-hydrogen) atoms. The maximum absolute atomic E-state index is 12.9. The molecule has 0 saturated heterocycles. The first kappa shape index (κ1) is 25.6. The van der Waals surface area contributed by atoms with Gasteiger partial charge < -0.3 is 10.6 Å². The van der Waals surface area contributed by atoms with E-state index in [2.05, 4.69) is 63.8 Å². The second-order valence-electron chi connectivity index (χ2n) is 8.91. The zero-order valence-electron chi connectivity index (χ0n) is 20.4. The van der Waals surface area contributed by atoms with Crippen LogP contribution in [0.25, 0.3) is 0 Å². The van der Waals surface area contributed by atoms with Crippen molar-refractivity contribution >= 4 is 38.7 Å². The lowest BCUT2D eigenvalue weighted by atomic mass is 9.96. The number of allylic oxidation sites excluding steroid dienone is 2. The summed E-state index contributed by atoms with van der Waals surface area (Å²) < 4.78 is 26.7. The molecule has 1 aliphatic carbocycles. The van der Waals surface area contributed by atoms with E-state index in [1.807, 2.05) is 25.1 Å². The SMILES string of the molecule is Cc1ccc(Br)cc1Nc1ccc(F)cc1.Cc1ccc(C2C=CCC2)cc1Nc1ccc(F)cc1. The molecule has 0 aromatic heterocycles. The molecule has 5 rings (SSSR count). The number of nitrogens with one attached hydrogen (secondary N) is 2. The molecule has 0 spiro atoms. The predicted molar refractivity (Wildman–Crippen MR) is 151 cm³/mol. The fourth-order valence-corrected chi connectivity index (χ4v) is 4.38. The van der Waals surface area contributed by atoms with Crippen LogP contribution in [-0.2, 0) is 0 Å². The molecular formula is C31H29BrF2N2. The van der Waals surface area contributed by atoms with Gasteiger partial charge in [0.1, 0.15) is 11.6 Å². The van der Waals surface area contributed by atoms with Crippen LogP contribution < -0.4 is 10.6 Å². The first-order valence-electron chi connectivity index (χ1n) is 12.0. The standard InChI is InChI=1S/C18H18FN.C13H11BrFN/c1-13-6-7-15(14-4-2-3-5-14)12-18(13)20-17-10-8-16(19)9-11-17;1-9-2-3-10(14)8-13(9)16-12-6-4-11(15)5-7-12/h2,4,6-12,14,20H,3,5H2,1H3;2-8,16H,1H3. The highest BCUT2D eigenvalue weighted by atomic mass is 79.9. The molecule has 0 amide bonds. The summed E-state index contributed by atoms with van der Waals surface area (Å²) in [7, 11) is 0. The maximum atomic E-state index is 12.9. The zero-order chi connectivity index (χ0) is 25.5. The van der Waals surface area contributed by atoms with Crippen molar-refractivity contribution in [3.8, 4) is 0 Å². The van der Waals surface area contributed by atoms with Crippen LogP contribution >= 0.6 is 15.9 Å². The van der Waals surface area contributed by atoms with E-state index in [4.69, 9.17) is 0 Å². The maximum Gasteiger partial charge on any atom is 0.123 e. The molecule has 2 N–H and O–H groups in total. The van der Waals surface area contributed by atoms with Gasteiger partial charge in [0.2, 0.25) is 0 Å². The Morgan fingerprint density at radius 1 is 0.694 bits per heavy atom. The number of hydrogen-bond acceptors (Lipinski definition) is 2. The van der Waals surface area contributed by atoms with Crippen molar-refractivity contribution in [2.45, 2.75) is 32.6 Å². The topological polar surface area (TPSA) is 24.1 Å². The first-order chi connectivity index (χ1) is 17.4. The highest BCUT2D eigenvalue weighted by Gasteiger charge is 2.13. The van der Waals surface area contributed by atoms with Crippen molar-refractivity contribution < 1.29 is 8.78 Å². The molecule has 1 unspecified atom stereocenters. The minimum absolute atomic E-state index is 0.211. The Labute approximate surface area is 220 Å². The summed E-state index contributed by atoms with van der Waals surface area (Å²) in [5, 5.41) is 6.62. The van der Waals surface area contributed by atoms with E-state index >= 15 is 0 Å². The summed E-state index contributed by atoms with van der Waals surface area (Å²) in [6.07, 6.45) is 6.89. The van der Waals surface area contributed by atoms with Crippen LogP contribution in [0.2, 0.25) is 0 Å². The summed E-state index contributed by atoms with van der Waals surface area (Å²) in [5.74, 6) is 0.0954. The van der Waals surface area contributed by atoms with Crippen molar-refractivity contribution in [2.24, 2.45) is 0 Å². The number of aryl methyl sites for hydroxylation is 2. The number of anilines is 4. The Morgan fingerprint density at radius 2 is 1.22 bits per heavy atom. The number of halogens is 3. The second-order valence-corrected chi connectivity index (χ2v) is 9.83. The molecule has 4 aromatic carbocycles. The molecule has 1 aliphatic rings. The molecule has 0 bridgehead atoms. The van der Waals surface area contributed by atoms with Gasteiger partial charge in [-0.05, 0) is 110 Å². The average molecular weight is 547 g/mol. The summed E-state index contributed by atoms with van der Waals surface area (Å²) in [6.45, 7) is 4.11. The van der Waals surface area contributed by atoms with Gasteiger partial charge >= 0.3 is 0 Å². The van der Waals surface area contributed by atoms with Gasteiger partial charge in [0.05, 0.1) is 0 Å². The first-order valence-corrected chi connectivity index (χ1v) is 12.8. The minimum atomic E-state index is -0.225. The van der Waals surface area contributed by atoms with Gasteiger partial charge in [-0.2, -0.15) is 0 Å². The largest absolute Gasteiger partial charge is 0.355 e. The molecule has 2 nitrogen and oxygen atoms in total. The third-order valence-electron chi connectivity index (χ3n) is 6.15. The van der Waals surface area contributed by atoms with Crippen molar-refractivity contribution in [1.82, 2.24) is 0 Å². The van der Waals surface area contributed by atoms with Crippen molar-refractivity contribution in [3.63, 3.8) is 0 Å². The fourth-order valence-electron chi connectivity index (χ4n) is 4.02. The third kappa shape index (κ3) is 7.05. The van der Waals surface area contributed by atoms with Gasteiger partial charge in [-0.1, -0.05) is 46.3 Å². The summed E-state index contributed by atoms with van der Waals surface area (Å²) >= 11 is 3.42. The highest BCUT2D eigenvalue weighted by Crippen LogP contribution is 2.32. The van der Waals surface area contributed by atoms with Gasteiger partial charge in [-0.15, -0.1) is 0 Å². The Kier molecular flexibility index (Phi) is 8.55. The average Bonchev–Trinajstić information content (AvgIpc) is 3.41. The van der Waals surface area contributed by atoms with E-state index in [0.29, 0.717) is 5.92 Å². The van der Waals surface area contributed by atoms with E-state index in [1.165, 1.54) is 48.2 Å². The van der Waals surface area contributed by atoms with E-state index < -0.39 is 0 Å². The van der Waals surface area contributed by atoms with Crippen LogP contribution in [0.15, 0.2) is 102 Å². The molecule has 184 valence electrons. The lowest BCUT2D eigenvalue weighted by molar-refractivity contribution is 0.627. The van der Waals surface area contributed by atoms with E-state index in [-0.39, 0.29) is 11.6 Å². The molecule has 0 aliphatic heterocycles. The lowest BCUT2D eigenvalue weighted by Gasteiger charge is -2.14. The molecule has 0 heterocycles. The van der Waals surface area contributed by atoms with Crippen LogP contribution in [0.5, 0.6) is 0 Å². The minimum Gasteiger partial charge on any atom is -0.355 e. The van der Waals surface area contributed by atoms with Gasteiger partial charge in [0, 0.05) is 33.1 Å². The number of benzene rings is 4. The van der Waals surface area contributed by atoms with Crippen LogP contribution in [0.4, 0.5) is 31.5 Å². The molecule has 1 atom stereocenters. The normalized spacial score (nSPS) is 14.2. The van der Waals surface area contributed by atoms with Gasteiger partial charge in [0.15, 0.2) is 0 Å². The van der Waals surface area contributed by atoms with E-state index in [9.17, 15) is 8.78 Å².